The van der Waals surface area contributed by atoms with Crippen molar-refractivity contribution in [3.05, 3.63) is 0 Å². The number of nitrogens with one attached hydrogen (secondary N) is 3. The van der Waals surface area contributed by atoms with Crippen LogP contribution in [0.25, 0.3) is 0 Å². The third kappa shape index (κ3) is 8.65. The van der Waals surface area contributed by atoms with Crippen LogP contribution in [0.15, 0.2) is 0 Å². The molecular weight excluding hydrogens is 336 g/mol. The Kier molecular flexibility index (Phi) is 9.13. The lowest BCUT2D eigenvalue weighted by Crippen LogP contribution is -2.55. The van der Waals surface area contributed by atoms with Crippen LogP contribution in [0.2, 0.25) is 0 Å². The van der Waals surface area contributed by atoms with Gasteiger partial charge in [0.1, 0.15) is 12.1 Å². The number of rotatable bonds is 10. The van der Waals surface area contributed by atoms with E-state index in [9.17, 15) is 24.0 Å². The molecule has 3 unspecified atom stereocenters. The first kappa shape index (κ1) is 22.3. The van der Waals surface area contributed by atoms with Crippen LogP contribution >= 0.6 is 0 Å². The van der Waals surface area contributed by atoms with Crippen LogP contribution in [-0.4, -0.2) is 64.5 Å². The smallest absolute Gasteiger partial charge is 0.325 e. The Balaban J connectivity index is 4.65. The van der Waals surface area contributed by atoms with Crippen LogP contribution in [0, 0.1) is 5.92 Å². The van der Waals surface area contributed by atoms with Gasteiger partial charge in [-0.1, -0.05) is 13.8 Å². The molecular formula is C14H24N4O7. The first-order valence-corrected chi connectivity index (χ1v) is 7.53. The first-order valence-electron chi connectivity index (χ1n) is 7.53. The zero-order chi connectivity index (χ0) is 19.7. The fourth-order valence-electron chi connectivity index (χ4n) is 1.71. The molecule has 11 nitrogen and oxygen atoms in total. The van der Waals surface area contributed by atoms with Crippen LogP contribution in [-0.2, 0) is 24.0 Å². The van der Waals surface area contributed by atoms with E-state index >= 15 is 0 Å². The molecule has 0 aromatic rings. The predicted molar refractivity (Wildman–Crippen MR) is 85.2 cm³/mol. The zero-order valence-corrected chi connectivity index (χ0v) is 14.2. The van der Waals surface area contributed by atoms with Gasteiger partial charge in [-0.15, -0.1) is 0 Å². The molecule has 0 saturated carbocycles. The molecule has 0 aromatic heterocycles. The SMILES string of the molecule is CC(NC(=O)CNC(=O)C(NC(=O)C(N)CC(=O)O)C(C)C)C(=O)O. The number of amides is 3. The molecule has 0 aliphatic heterocycles. The van der Waals surface area contributed by atoms with Crippen LogP contribution in [0.5, 0.6) is 0 Å². The van der Waals surface area contributed by atoms with Crippen molar-refractivity contribution >= 4 is 29.7 Å². The fourth-order valence-corrected chi connectivity index (χ4v) is 1.71. The summed E-state index contributed by atoms with van der Waals surface area (Å²) >= 11 is 0. The van der Waals surface area contributed by atoms with Crippen LogP contribution in [0.3, 0.4) is 0 Å². The zero-order valence-electron chi connectivity index (χ0n) is 14.2. The summed E-state index contributed by atoms with van der Waals surface area (Å²) in [6.45, 7) is 4.07. The van der Waals surface area contributed by atoms with E-state index in [2.05, 4.69) is 16.0 Å². The molecule has 25 heavy (non-hydrogen) atoms. The van der Waals surface area contributed by atoms with E-state index in [-0.39, 0.29) is 5.92 Å². The molecule has 7 N–H and O–H groups in total. The minimum Gasteiger partial charge on any atom is -0.481 e. The van der Waals surface area contributed by atoms with Crippen molar-refractivity contribution in [2.75, 3.05) is 6.54 Å². The summed E-state index contributed by atoms with van der Waals surface area (Å²) in [5.74, 6) is -5.03. The number of nitrogens with two attached hydrogens (primary N) is 1. The molecule has 0 aliphatic carbocycles. The standard InChI is InChI=1S/C14H24N4O7/c1-6(2)11(18-12(22)8(15)4-10(20)21)13(23)16-5-9(19)17-7(3)14(24)25/h6-8,11H,4-5,15H2,1-3H3,(H,16,23)(H,17,19)(H,18,22)(H,20,21)(H,24,25). The molecule has 0 rings (SSSR count). The lowest BCUT2D eigenvalue weighted by atomic mass is 10.0. The van der Waals surface area contributed by atoms with E-state index in [4.69, 9.17) is 15.9 Å². The predicted octanol–water partition coefficient (Wildman–Crippen LogP) is -2.37. The highest BCUT2D eigenvalue weighted by Crippen LogP contribution is 2.03. The molecule has 0 bridgehead atoms. The number of hydrogen-bond acceptors (Lipinski definition) is 6. The van der Waals surface area contributed by atoms with Gasteiger partial charge in [0.05, 0.1) is 19.0 Å². The molecule has 3 atom stereocenters. The molecule has 0 aliphatic rings. The maximum absolute atomic E-state index is 12.1. The van der Waals surface area contributed by atoms with Crippen molar-refractivity contribution in [2.45, 2.75) is 45.3 Å². The summed E-state index contributed by atoms with van der Waals surface area (Å²) in [7, 11) is 0. The van der Waals surface area contributed by atoms with Crippen LogP contribution in [0.1, 0.15) is 27.2 Å². The van der Waals surface area contributed by atoms with Crippen molar-refractivity contribution in [3.63, 3.8) is 0 Å². The minimum atomic E-state index is -1.31. The van der Waals surface area contributed by atoms with E-state index in [1.807, 2.05) is 0 Å². The number of carboxylic acid groups (broad SMARTS) is 2. The third-order valence-corrected chi connectivity index (χ3v) is 3.15. The van der Waals surface area contributed by atoms with Crippen molar-refractivity contribution < 1.29 is 34.2 Å². The molecule has 0 fully saturated rings. The minimum absolute atomic E-state index is 0.359. The van der Waals surface area contributed by atoms with Crippen LogP contribution < -0.4 is 21.7 Å². The van der Waals surface area contributed by atoms with Crippen molar-refractivity contribution in [1.29, 1.82) is 0 Å². The molecule has 3 amide bonds. The van der Waals surface area contributed by atoms with Gasteiger partial charge in [0.25, 0.3) is 0 Å². The first-order chi connectivity index (χ1) is 11.5. The lowest BCUT2D eigenvalue weighted by molar-refractivity contribution is -0.141. The highest BCUT2D eigenvalue weighted by atomic mass is 16.4. The van der Waals surface area contributed by atoms with Gasteiger partial charge >= 0.3 is 11.9 Å². The summed E-state index contributed by atoms with van der Waals surface area (Å²) in [5, 5.41) is 24.1. The summed E-state index contributed by atoms with van der Waals surface area (Å²) in [6.07, 6.45) is -0.590. The highest BCUT2D eigenvalue weighted by Gasteiger charge is 2.27. The van der Waals surface area contributed by atoms with E-state index in [1.54, 1.807) is 13.8 Å². The number of carboxylic acids is 2. The molecule has 0 aromatic carbocycles. The number of carbonyl (C=O) groups excluding carboxylic acids is 3. The lowest BCUT2D eigenvalue weighted by Gasteiger charge is -2.23. The van der Waals surface area contributed by atoms with E-state index in [0.717, 1.165) is 0 Å². The summed E-state index contributed by atoms with van der Waals surface area (Å²) in [5.41, 5.74) is 5.43. The van der Waals surface area contributed by atoms with Gasteiger partial charge < -0.3 is 31.9 Å². The topological polar surface area (TPSA) is 188 Å². The number of aliphatic carboxylic acids is 2. The number of carbonyl (C=O) groups is 5. The van der Waals surface area contributed by atoms with Gasteiger partial charge in [0, 0.05) is 0 Å². The maximum atomic E-state index is 12.1. The Labute approximate surface area is 144 Å². The summed E-state index contributed by atoms with van der Waals surface area (Å²) in [6, 6.07) is -3.46. The summed E-state index contributed by atoms with van der Waals surface area (Å²) in [4.78, 5) is 56.7. The largest absolute Gasteiger partial charge is 0.481 e. The average molecular weight is 360 g/mol. The van der Waals surface area contributed by atoms with Gasteiger partial charge in [0.15, 0.2) is 0 Å². The normalized spacial score (nSPS) is 14.1. The van der Waals surface area contributed by atoms with Crippen LogP contribution in [0.4, 0.5) is 0 Å². The fraction of sp³-hybridized carbons (Fsp3) is 0.643. The van der Waals surface area contributed by atoms with Crippen molar-refractivity contribution in [2.24, 2.45) is 11.7 Å². The molecule has 0 spiro atoms. The average Bonchev–Trinajstić information content (AvgIpc) is 2.48. The maximum Gasteiger partial charge on any atom is 0.325 e. The van der Waals surface area contributed by atoms with Crippen molar-refractivity contribution in [3.8, 4) is 0 Å². The second-order valence-corrected chi connectivity index (χ2v) is 5.78. The van der Waals surface area contributed by atoms with E-state index in [1.165, 1.54) is 6.92 Å². The summed E-state index contributed by atoms with van der Waals surface area (Å²) < 4.78 is 0. The monoisotopic (exact) mass is 360 g/mol. The Morgan fingerprint density at radius 1 is 0.960 bits per heavy atom. The Morgan fingerprint density at radius 2 is 1.52 bits per heavy atom. The molecule has 11 heteroatoms. The molecule has 0 radical (unpaired) electrons. The molecule has 0 saturated heterocycles. The van der Waals surface area contributed by atoms with E-state index in [0.29, 0.717) is 0 Å². The Morgan fingerprint density at radius 3 is 1.96 bits per heavy atom. The van der Waals surface area contributed by atoms with Gasteiger partial charge in [-0.25, -0.2) is 0 Å². The quantitative estimate of drug-likeness (QED) is 0.249. The van der Waals surface area contributed by atoms with Gasteiger partial charge in [-0.3, -0.25) is 24.0 Å². The van der Waals surface area contributed by atoms with Gasteiger partial charge in [-0.2, -0.15) is 0 Å². The van der Waals surface area contributed by atoms with Gasteiger partial charge in [-0.05, 0) is 12.8 Å². The third-order valence-electron chi connectivity index (χ3n) is 3.15. The molecule has 0 heterocycles. The second-order valence-electron chi connectivity index (χ2n) is 5.78. The molecule has 142 valence electrons. The van der Waals surface area contributed by atoms with Gasteiger partial charge in [0.2, 0.25) is 17.7 Å². The number of hydrogen-bond donors (Lipinski definition) is 6. The second kappa shape index (κ2) is 10.2. The Bertz CT molecular complexity index is 535. The van der Waals surface area contributed by atoms with E-state index < -0.39 is 60.8 Å². The Hall–Kier alpha value is -2.69. The van der Waals surface area contributed by atoms with Crippen molar-refractivity contribution in [1.82, 2.24) is 16.0 Å². The highest BCUT2D eigenvalue weighted by molar-refractivity contribution is 5.93.